The third kappa shape index (κ3) is 7.14. The molecule has 0 spiro atoms. The second-order valence-corrected chi connectivity index (χ2v) is 4.17. The fraction of sp³-hybridized carbons (Fsp3) is 0.417. The zero-order chi connectivity index (χ0) is 15.9. The third-order valence-corrected chi connectivity index (χ3v) is 2.37. The van der Waals surface area contributed by atoms with E-state index in [1.165, 1.54) is 0 Å². The number of aliphatic carboxylic acids is 1. The lowest BCUT2D eigenvalue weighted by molar-refractivity contribution is -0.148. The van der Waals surface area contributed by atoms with Gasteiger partial charge in [-0.25, -0.2) is 4.79 Å². The Labute approximate surface area is 118 Å². The van der Waals surface area contributed by atoms with Crippen molar-refractivity contribution in [2.45, 2.75) is 12.6 Å². The van der Waals surface area contributed by atoms with Crippen molar-refractivity contribution in [2.75, 3.05) is 19.6 Å². The molecule has 0 fully saturated rings. The Bertz CT molecular complexity index is 480. The molecule has 0 aliphatic carbocycles. The highest BCUT2D eigenvalue weighted by Crippen LogP contribution is 2.16. The average molecular weight is 305 g/mol. The summed E-state index contributed by atoms with van der Waals surface area (Å²) in [5.41, 5.74) is 0.665. The van der Waals surface area contributed by atoms with Gasteiger partial charge in [-0.15, -0.1) is 0 Å². The van der Waals surface area contributed by atoms with Crippen molar-refractivity contribution in [1.29, 1.82) is 0 Å². The smallest absolute Gasteiger partial charge is 0.406 e. The van der Waals surface area contributed by atoms with Gasteiger partial charge in [0.25, 0.3) is 0 Å². The van der Waals surface area contributed by atoms with Crippen LogP contribution in [0, 0.1) is 0 Å². The van der Waals surface area contributed by atoms with Gasteiger partial charge < -0.3 is 15.3 Å². The van der Waals surface area contributed by atoms with Crippen molar-refractivity contribution in [3.05, 3.63) is 30.1 Å². The van der Waals surface area contributed by atoms with Gasteiger partial charge in [0.05, 0.1) is 0 Å². The Kier molecular flexibility index (Phi) is 5.94. The van der Waals surface area contributed by atoms with Crippen LogP contribution in [0.15, 0.2) is 24.4 Å². The standard InChI is InChI=1S/C12H14F3N3O3/c13-12(14,15)8-18(7-10(19)20)11(21)17-6-4-9-3-1-2-5-16-9/h1-3,5H,4,6-8H2,(H,17,21)(H,19,20). The van der Waals surface area contributed by atoms with Crippen LogP contribution in [0.4, 0.5) is 18.0 Å². The lowest BCUT2D eigenvalue weighted by Gasteiger charge is -2.22. The van der Waals surface area contributed by atoms with Gasteiger partial charge in [0.15, 0.2) is 0 Å². The highest BCUT2D eigenvalue weighted by atomic mass is 19.4. The SMILES string of the molecule is O=C(O)CN(CC(F)(F)F)C(=O)NCCc1ccccn1. The first-order valence-corrected chi connectivity index (χ1v) is 5.99. The van der Waals surface area contributed by atoms with Gasteiger partial charge >= 0.3 is 18.2 Å². The maximum atomic E-state index is 12.3. The van der Waals surface area contributed by atoms with E-state index in [2.05, 4.69) is 10.3 Å². The third-order valence-electron chi connectivity index (χ3n) is 2.37. The summed E-state index contributed by atoms with van der Waals surface area (Å²) in [4.78, 5) is 26.3. The number of alkyl halides is 3. The van der Waals surface area contributed by atoms with Gasteiger partial charge in [0.2, 0.25) is 0 Å². The van der Waals surface area contributed by atoms with Gasteiger partial charge in [-0.05, 0) is 12.1 Å². The van der Waals surface area contributed by atoms with Crippen LogP contribution in [-0.4, -0.2) is 52.8 Å². The van der Waals surface area contributed by atoms with Gasteiger partial charge in [0, 0.05) is 24.9 Å². The summed E-state index contributed by atoms with van der Waals surface area (Å²) in [7, 11) is 0. The van der Waals surface area contributed by atoms with Crippen LogP contribution < -0.4 is 5.32 Å². The molecular weight excluding hydrogens is 291 g/mol. The van der Waals surface area contributed by atoms with Crippen molar-refractivity contribution in [2.24, 2.45) is 0 Å². The molecule has 0 aliphatic rings. The maximum absolute atomic E-state index is 12.3. The first kappa shape index (κ1) is 16.7. The predicted molar refractivity (Wildman–Crippen MR) is 66.6 cm³/mol. The molecule has 2 amide bonds. The van der Waals surface area contributed by atoms with Crippen molar-refractivity contribution < 1.29 is 27.9 Å². The van der Waals surface area contributed by atoms with Crippen molar-refractivity contribution >= 4 is 12.0 Å². The van der Waals surface area contributed by atoms with Gasteiger partial charge in [-0.3, -0.25) is 9.78 Å². The molecule has 9 heteroatoms. The molecule has 0 saturated heterocycles. The van der Waals surface area contributed by atoms with Crippen molar-refractivity contribution in [3.63, 3.8) is 0 Å². The number of nitrogens with one attached hydrogen (secondary N) is 1. The molecule has 0 unspecified atom stereocenters. The minimum Gasteiger partial charge on any atom is -0.480 e. The van der Waals surface area contributed by atoms with E-state index in [0.29, 0.717) is 12.1 Å². The number of aromatic nitrogens is 1. The van der Waals surface area contributed by atoms with E-state index >= 15 is 0 Å². The normalized spacial score (nSPS) is 11.0. The zero-order valence-electron chi connectivity index (χ0n) is 10.9. The number of nitrogens with zero attached hydrogens (tertiary/aromatic N) is 2. The monoisotopic (exact) mass is 305 g/mol. The molecule has 1 heterocycles. The first-order chi connectivity index (χ1) is 9.78. The summed E-state index contributed by atoms with van der Waals surface area (Å²) in [6.07, 6.45) is -2.77. The molecule has 0 saturated carbocycles. The molecule has 0 aliphatic heterocycles. The Morgan fingerprint density at radius 1 is 1.33 bits per heavy atom. The second-order valence-electron chi connectivity index (χ2n) is 4.17. The van der Waals surface area contributed by atoms with Crippen LogP contribution in [0.2, 0.25) is 0 Å². The minimum absolute atomic E-state index is 0.0593. The fourth-order valence-corrected chi connectivity index (χ4v) is 1.53. The van der Waals surface area contributed by atoms with Gasteiger partial charge in [-0.1, -0.05) is 6.07 Å². The predicted octanol–water partition coefficient (Wildman–Crippen LogP) is 1.28. The number of hydrogen-bond donors (Lipinski definition) is 2. The van der Waals surface area contributed by atoms with E-state index in [1.807, 2.05) is 0 Å². The summed E-state index contributed by atoms with van der Waals surface area (Å²) in [6.45, 7) is -2.58. The van der Waals surface area contributed by atoms with Crippen molar-refractivity contribution in [1.82, 2.24) is 15.2 Å². The summed E-state index contributed by atoms with van der Waals surface area (Å²) in [5.74, 6) is -1.51. The largest absolute Gasteiger partial charge is 0.480 e. The minimum atomic E-state index is -4.66. The Morgan fingerprint density at radius 3 is 2.57 bits per heavy atom. The Hall–Kier alpha value is -2.32. The number of halogens is 3. The van der Waals surface area contributed by atoms with E-state index in [1.54, 1.807) is 24.4 Å². The number of carbonyl (C=O) groups excluding carboxylic acids is 1. The van der Waals surface area contributed by atoms with Gasteiger partial charge in [0.1, 0.15) is 13.1 Å². The zero-order valence-corrected chi connectivity index (χ0v) is 10.9. The number of amides is 2. The number of carbonyl (C=O) groups is 2. The molecule has 2 N–H and O–H groups in total. The fourth-order valence-electron chi connectivity index (χ4n) is 1.53. The maximum Gasteiger partial charge on any atom is 0.406 e. The molecule has 0 atom stereocenters. The second kappa shape index (κ2) is 7.46. The summed E-state index contributed by atoms with van der Waals surface area (Å²) in [5, 5.41) is 10.8. The van der Waals surface area contributed by atoms with Crippen LogP contribution in [-0.2, 0) is 11.2 Å². The quantitative estimate of drug-likeness (QED) is 0.829. The Balaban J connectivity index is 2.50. The van der Waals surface area contributed by atoms with Crippen LogP contribution in [0.25, 0.3) is 0 Å². The molecule has 1 aromatic heterocycles. The van der Waals surface area contributed by atoms with Crippen LogP contribution in [0.3, 0.4) is 0 Å². The highest BCUT2D eigenvalue weighted by molar-refractivity contribution is 5.80. The molecule has 6 nitrogen and oxygen atoms in total. The number of pyridine rings is 1. The molecule has 21 heavy (non-hydrogen) atoms. The molecule has 0 aromatic carbocycles. The van der Waals surface area contributed by atoms with E-state index in [9.17, 15) is 22.8 Å². The molecule has 0 radical (unpaired) electrons. The van der Waals surface area contributed by atoms with Crippen LogP contribution in [0.1, 0.15) is 5.69 Å². The summed E-state index contributed by atoms with van der Waals surface area (Å²) < 4.78 is 36.8. The lowest BCUT2D eigenvalue weighted by Crippen LogP contribution is -2.47. The number of carboxylic acids is 1. The van der Waals surface area contributed by atoms with Crippen LogP contribution in [0.5, 0.6) is 0 Å². The van der Waals surface area contributed by atoms with E-state index < -0.39 is 31.3 Å². The first-order valence-electron chi connectivity index (χ1n) is 5.99. The molecule has 116 valence electrons. The average Bonchev–Trinajstić information content (AvgIpc) is 2.37. The Morgan fingerprint density at radius 2 is 2.05 bits per heavy atom. The number of carboxylic acid groups (broad SMARTS) is 1. The molecule has 1 rings (SSSR count). The van der Waals surface area contributed by atoms with Gasteiger partial charge in [-0.2, -0.15) is 13.2 Å². The highest BCUT2D eigenvalue weighted by Gasteiger charge is 2.33. The molecule has 0 bridgehead atoms. The van der Waals surface area contributed by atoms with E-state index in [-0.39, 0.29) is 11.4 Å². The topological polar surface area (TPSA) is 82.5 Å². The van der Waals surface area contributed by atoms with Crippen molar-refractivity contribution in [3.8, 4) is 0 Å². The van der Waals surface area contributed by atoms with Crippen LogP contribution >= 0.6 is 0 Å². The number of urea groups is 1. The summed E-state index contributed by atoms with van der Waals surface area (Å²) >= 11 is 0. The van der Waals surface area contributed by atoms with E-state index in [4.69, 9.17) is 5.11 Å². The van der Waals surface area contributed by atoms with E-state index in [0.717, 1.165) is 0 Å². The molecule has 1 aromatic rings. The molecular formula is C12H14F3N3O3. The number of rotatable bonds is 6. The lowest BCUT2D eigenvalue weighted by atomic mass is 10.3. The number of hydrogen-bond acceptors (Lipinski definition) is 3. The summed E-state index contributed by atoms with van der Waals surface area (Å²) in [6, 6.07) is 4.08.